The molecule has 0 unspecified atom stereocenters. The van der Waals surface area contributed by atoms with E-state index in [1.54, 1.807) is 24.3 Å². The Hall–Kier alpha value is -0.230. The third kappa shape index (κ3) is 4.99. The summed E-state index contributed by atoms with van der Waals surface area (Å²) in [6, 6.07) is 8.83. The van der Waals surface area contributed by atoms with Crippen molar-refractivity contribution in [3.8, 4) is 0 Å². The lowest BCUT2D eigenvalue weighted by Crippen LogP contribution is -3.00. The summed E-state index contributed by atoms with van der Waals surface area (Å²) < 4.78 is 3.66. The first-order chi connectivity index (χ1) is 8.54. The zero-order valence-electron chi connectivity index (χ0n) is 9.62. The van der Waals surface area contributed by atoms with Gasteiger partial charge in [0.15, 0.2) is 12.4 Å². The molecule has 0 radical (unpaired) electrons. The summed E-state index contributed by atoms with van der Waals surface area (Å²) in [4.78, 5) is 12.1. The van der Waals surface area contributed by atoms with Crippen LogP contribution in [0.1, 0.15) is 10.4 Å². The molecule has 0 aliphatic carbocycles. The topological polar surface area (TPSA) is 20.9 Å². The molecule has 100 valence electrons. The lowest BCUT2D eigenvalue weighted by atomic mass is 10.1. The Labute approximate surface area is 143 Å². The Balaban J connectivity index is 0.00000180. The first-order valence-corrected chi connectivity index (χ1v) is 7.15. The minimum atomic E-state index is 0. The molecule has 0 saturated carbocycles. The van der Waals surface area contributed by atoms with Gasteiger partial charge in [-0.15, -0.1) is 0 Å². The SMILES string of the molecule is O=C(C[n+]1cc(Br)cc(Br)c1)c1ccc(Cl)cc1.[Br-]. The molecule has 0 amide bonds. The summed E-state index contributed by atoms with van der Waals surface area (Å²) >= 11 is 12.6. The van der Waals surface area contributed by atoms with Gasteiger partial charge in [0.2, 0.25) is 12.3 Å². The Morgan fingerprint density at radius 3 is 2.16 bits per heavy atom. The Bertz CT molecular complexity index is 567. The largest absolute Gasteiger partial charge is 1.00 e. The Morgan fingerprint density at radius 2 is 1.63 bits per heavy atom. The number of pyridine rings is 1. The fourth-order valence-electron chi connectivity index (χ4n) is 1.54. The standard InChI is InChI=1S/C13H9Br2ClNO.BrH/c14-10-5-11(15)7-17(6-10)8-13(18)9-1-3-12(16)4-2-9;/h1-7H,8H2;1H/q+1;/p-1. The van der Waals surface area contributed by atoms with Crippen molar-refractivity contribution < 1.29 is 26.3 Å². The molecule has 1 aromatic carbocycles. The molecule has 6 heteroatoms. The second-order valence-electron chi connectivity index (χ2n) is 3.77. The van der Waals surface area contributed by atoms with E-state index >= 15 is 0 Å². The summed E-state index contributed by atoms with van der Waals surface area (Å²) in [6.07, 6.45) is 3.72. The highest BCUT2D eigenvalue weighted by Crippen LogP contribution is 2.14. The lowest BCUT2D eigenvalue weighted by Gasteiger charge is -2.00. The first-order valence-electron chi connectivity index (χ1n) is 5.18. The summed E-state index contributed by atoms with van der Waals surface area (Å²) in [5.41, 5.74) is 0.656. The predicted octanol–water partition coefficient (Wildman–Crippen LogP) is 1.04. The second kappa shape index (κ2) is 7.53. The van der Waals surface area contributed by atoms with Gasteiger partial charge in [-0.1, -0.05) is 11.6 Å². The maximum Gasteiger partial charge on any atom is 0.227 e. The average Bonchev–Trinajstić information content (AvgIpc) is 2.28. The van der Waals surface area contributed by atoms with E-state index in [9.17, 15) is 4.79 Å². The Kier molecular flexibility index (Phi) is 6.66. The normalized spacial score (nSPS) is 9.84. The third-order valence-electron chi connectivity index (χ3n) is 2.35. The van der Waals surface area contributed by atoms with Crippen LogP contribution in [-0.2, 0) is 6.54 Å². The van der Waals surface area contributed by atoms with Crippen molar-refractivity contribution in [3.05, 3.63) is 62.3 Å². The van der Waals surface area contributed by atoms with Crippen LogP contribution in [0.15, 0.2) is 51.7 Å². The number of halogens is 4. The van der Waals surface area contributed by atoms with Gasteiger partial charge in [-0.2, -0.15) is 4.57 Å². The zero-order chi connectivity index (χ0) is 13.1. The molecule has 1 aromatic heterocycles. The number of nitrogens with zero attached hydrogens (tertiary/aromatic N) is 1. The van der Waals surface area contributed by atoms with Crippen molar-refractivity contribution in [3.63, 3.8) is 0 Å². The highest BCUT2D eigenvalue weighted by atomic mass is 79.9. The van der Waals surface area contributed by atoms with Crippen molar-refractivity contribution in [2.75, 3.05) is 0 Å². The van der Waals surface area contributed by atoms with Gasteiger partial charge < -0.3 is 17.0 Å². The van der Waals surface area contributed by atoms with E-state index in [1.165, 1.54) is 0 Å². The molecule has 0 bridgehead atoms. The maximum absolute atomic E-state index is 12.1. The van der Waals surface area contributed by atoms with Gasteiger partial charge in [-0.05, 0) is 62.2 Å². The van der Waals surface area contributed by atoms with Gasteiger partial charge in [0, 0.05) is 10.6 Å². The number of hydrogen-bond donors (Lipinski definition) is 0. The van der Waals surface area contributed by atoms with E-state index in [2.05, 4.69) is 31.9 Å². The van der Waals surface area contributed by atoms with Crippen LogP contribution in [0.25, 0.3) is 0 Å². The lowest BCUT2D eigenvalue weighted by molar-refractivity contribution is -0.684. The maximum atomic E-state index is 12.1. The summed E-state index contributed by atoms with van der Waals surface area (Å²) in [5.74, 6) is 0.0432. The molecule has 0 aliphatic rings. The van der Waals surface area contributed by atoms with Crippen LogP contribution in [0.4, 0.5) is 0 Å². The molecule has 2 aromatic rings. The number of carbonyl (C=O) groups is 1. The third-order valence-corrected chi connectivity index (χ3v) is 3.47. The minimum Gasteiger partial charge on any atom is -1.00 e. The van der Waals surface area contributed by atoms with Gasteiger partial charge in [-0.25, -0.2) is 0 Å². The van der Waals surface area contributed by atoms with Crippen molar-refractivity contribution in [2.45, 2.75) is 6.54 Å². The molecule has 0 aliphatic heterocycles. The minimum absolute atomic E-state index is 0. The highest BCUT2D eigenvalue weighted by Gasteiger charge is 2.13. The van der Waals surface area contributed by atoms with Crippen molar-refractivity contribution in [1.29, 1.82) is 0 Å². The monoisotopic (exact) mass is 467 g/mol. The first kappa shape index (κ1) is 16.8. The average molecular weight is 470 g/mol. The van der Waals surface area contributed by atoms with Crippen molar-refractivity contribution in [1.82, 2.24) is 0 Å². The van der Waals surface area contributed by atoms with E-state index in [-0.39, 0.29) is 22.8 Å². The number of ketones is 1. The van der Waals surface area contributed by atoms with E-state index in [0.29, 0.717) is 17.1 Å². The fraction of sp³-hybridized carbons (Fsp3) is 0.0769. The van der Waals surface area contributed by atoms with Crippen LogP contribution in [0.5, 0.6) is 0 Å². The van der Waals surface area contributed by atoms with Gasteiger partial charge in [0.25, 0.3) is 0 Å². The van der Waals surface area contributed by atoms with Gasteiger partial charge in [-0.3, -0.25) is 4.79 Å². The van der Waals surface area contributed by atoms with Gasteiger partial charge in [0.1, 0.15) is 0 Å². The number of carbonyl (C=O) groups excluding carboxylic acids is 1. The molecule has 0 spiro atoms. The smallest absolute Gasteiger partial charge is 0.227 e. The van der Waals surface area contributed by atoms with E-state index in [0.717, 1.165) is 8.95 Å². The molecular weight excluding hydrogens is 461 g/mol. The van der Waals surface area contributed by atoms with Crippen LogP contribution < -0.4 is 21.5 Å². The van der Waals surface area contributed by atoms with Crippen LogP contribution in [0, 0.1) is 0 Å². The van der Waals surface area contributed by atoms with Crippen molar-refractivity contribution in [2.24, 2.45) is 0 Å². The quantitative estimate of drug-likeness (QED) is 0.486. The number of Topliss-reactive ketones (excluding diaryl/α,β-unsaturated/α-hetero) is 1. The molecule has 2 rings (SSSR count). The Morgan fingerprint density at radius 1 is 1.11 bits per heavy atom. The fourth-order valence-corrected chi connectivity index (χ4v) is 3.00. The number of rotatable bonds is 3. The molecule has 2 nitrogen and oxygen atoms in total. The molecule has 0 saturated heterocycles. The molecule has 0 fully saturated rings. The van der Waals surface area contributed by atoms with E-state index in [4.69, 9.17) is 11.6 Å². The second-order valence-corrected chi connectivity index (χ2v) is 6.04. The van der Waals surface area contributed by atoms with E-state index in [1.807, 2.05) is 23.0 Å². The molecular formula is C13H9Br3ClNO. The summed E-state index contributed by atoms with van der Waals surface area (Å²) in [5, 5.41) is 0.629. The summed E-state index contributed by atoms with van der Waals surface area (Å²) in [7, 11) is 0. The number of aromatic nitrogens is 1. The number of hydrogen-bond acceptors (Lipinski definition) is 1. The van der Waals surface area contributed by atoms with Crippen LogP contribution >= 0.6 is 43.5 Å². The highest BCUT2D eigenvalue weighted by molar-refractivity contribution is 9.11. The molecule has 19 heavy (non-hydrogen) atoms. The van der Waals surface area contributed by atoms with Crippen molar-refractivity contribution >= 4 is 49.2 Å². The van der Waals surface area contributed by atoms with Crippen LogP contribution in [0.2, 0.25) is 5.02 Å². The van der Waals surface area contributed by atoms with Crippen LogP contribution in [-0.4, -0.2) is 5.78 Å². The predicted molar refractivity (Wildman–Crippen MR) is 77.8 cm³/mol. The van der Waals surface area contributed by atoms with E-state index < -0.39 is 0 Å². The molecule has 1 heterocycles. The van der Waals surface area contributed by atoms with Crippen LogP contribution in [0.3, 0.4) is 0 Å². The van der Waals surface area contributed by atoms with Gasteiger partial charge in [0.05, 0.1) is 8.95 Å². The summed E-state index contributed by atoms with van der Waals surface area (Å²) in [6.45, 7) is 0.291. The molecule has 0 N–H and O–H groups in total. The van der Waals surface area contributed by atoms with Gasteiger partial charge >= 0.3 is 0 Å². The molecule has 0 atom stereocenters. The zero-order valence-corrected chi connectivity index (χ0v) is 15.1. The number of benzene rings is 1.